The predicted molar refractivity (Wildman–Crippen MR) is 135 cm³/mol. The maximum absolute atomic E-state index is 12.7. The van der Waals surface area contributed by atoms with E-state index in [1.807, 2.05) is 6.07 Å². The molecule has 4 amide bonds. The van der Waals surface area contributed by atoms with Gasteiger partial charge in [0.1, 0.15) is 12.3 Å². The molecule has 2 aromatic carbocycles. The summed E-state index contributed by atoms with van der Waals surface area (Å²) in [7, 11) is 0. The van der Waals surface area contributed by atoms with Gasteiger partial charge in [0.05, 0.1) is 23.8 Å². The number of hydrogen-bond donors (Lipinski definition) is 1. The first-order valence-corrected chi connectivity index (χ1v) is 12.4. The number of para-hydroxylation sites is 1. The van der Waals surface area contributed by atoms with Gasteiger partial charge in [0, 0.05) is 17.6 Å². The fourth-order valence-corrected chi connectivity index (χ4v) is 4.62. The Kier molecular flexibility index (Phi) is 8.21. The van der Waals surface area contributed by atoms with Crippen LogP contribution in [-0.4, -0.2) is 72.2 Å². The van der Waals surface area contributed by atoms with Crippen molar-refractivity contribution in [2.24, 2.45) is 0 Å². The molecule has 0 saturated carbocycles. The van der Waals surface area contributed by atoms with Gasteiger partial charge in [-0.3, -0.25) is 24.1 Å². The molecule has 2 heterocycles. The van der Waals surface area contributed by atoms with E-state index in [0.29, 0.717) is 47.8 Å². The molecule has 0 atom stereocenters. The van der Waals surface area contributed by atoms with E-state index in [2.05, 4.69) is 21.2 Å². The molecule has 0 spiro atoms. The largest absolute Gasteiger partial charge is 0.484 e. The van der Waals surface area contributed by atoms with Gasteiger partial charge in [-0.25, -0.2) is 0 Å². The maximum Gasteiger partial charge on any atom is 0.294 e. The number of carbonyl (C=O) groups excluding carboxylic acids is 4. The van der Waals surface area contributed by atoms with E-state index in [1.54, 1.807) is 53.4 Å². The molecule has 4 rings (SSSR count). The van der Waals surface area contributed by atoms with Crippen molar-refractivity contribution in [2.75, 3.05) is 44.8 Å². The number of nitrogens with zero attached hydrogens (tertiary/aromatic N) is 2. The lowest BCUT2D eigenvalue weighted by Gasteiger charge is -2.26. The SMILES string of the molecule is O=C(CN1C(=O)S/C(=C/c2ccc(OCC(=O)N3CCOCC3)cc2)C1=O)Nc1ccccc1Br. The summed E-state index contributed by atoms with van der Waals surface area (Å²) < 4.78 is 11.5. The normalized spacial score (nSPS) is 17.1. The number of rotatable bonds is 7. The van der Waals surface area contributed by atoms with Gasteiger partial charge < -0.3 is 19.7 Å². The standard InChI is InChI=1S/C24H22BrN3O6S/c25-18-3-1-2-4-19(18)26-21(29)14-28-23(31)20(35-24(28)32)13-16-5-7-17(8-6-16)34-15-22(30)27-9-11-33-12-10-27/h1-8,13H,9-12,14-15H2,(H,26,29)/b20-13+. The van der Waals surface area contributed by atoms with E-state index >= 15 is 0 Å². The van der Waals surface area contributed by atoms with Crippen LogP contribution in [0.3, 0.4) is 0 Å². The second-order valence-electron chi connectivity index (χ2n) is 7.65. The van der Waals surface area contributed by atoms with E-state index in [4.69, 9.17) is 9.47 Å². The van der Waals surface area contributed by atoms with Crippen molar-refractivity contribution in [1.82, 2.24) is 9.80 Å². The van der Waals surface area contributed by atoms with Gasteiger partial charge in [0.25, 0.3) is 17.1 Å². The molecule has 182 valence electrons. The van der Waals surface area contributed by atoms with Crippen LogP contribution in [0.5, 0.6) is 5.75 Å². The fourth-order valence-electron chi connectivity index (χ4n) is 3.39. The minimum absolute atomic E-state index is 0.0696. The van der Waals surface area contributed by atoms with Gasteiger partial charge >= 0.3 is 0 Å². The zero-order valence-corrected chi connectivity index (χ0v) is 21.0. The molecule has 0 aromatic heterocycles. The van der Waals surface area contributed by atoms with Gasteiger partial charge in [0.2, 0.25) is 5.91 Å². The van der Waals surface area contributed by atoms with Crippen molar-refractivity contribution in [3.63, 3.8) is 0 Å². The van der Waals surface area contributed by atoms with E-state index in [9.17, 15) is 19.2 Å². The number of imide groups is 1. The molecular formula is C24H22BrN3O6S. The number of anilines is 1. The third-order valence-corrected chi connectivity index (χ3v) is 6.83. The average molecular weight is 560 g/mol. The summed E-state index contributed by atoms with van der Waals surface area (Å²) in [6, 6.07) is 13.9. The minimum atomic E-state index is -0.529. The van der Waals surface area contributed by atoms with Crippen LogP contribution >= 0.6 is 27.7 Å². The van der Waals surface area contributed by atoms with Gasteiger partial charge in [-0.1, -0.05) is 24.3 Å². The minimum Gasteiger partial charge on any atom is -0.484 e. The highest BCUT2D eigenvalue weighted by atomic mass is 79.9. The lowest BCUT2D eigenvalue weighted by molar-refractivity contribution is -0.137. The number of thioether (sulfide) groups is 1. The maximum atomic E-state index is 12.7. The molecule has 2 aromatic rings. The van der Waals surface area contributed by atoms with E-state index in [0.717, 1.165) is 16.7 Å². The Hall–Kier alpha value is -3.15. The number of hydrogen-bond acceptors (Lipinski definition) is 7. The summed E-state index contributed by atoms with van der Waals surface area (Å²) >= 11 is 4.12. The Morgan fingerprint density at radius 1 is 1.09 bits per heavy atom. The molecule has 0 radical (unpaired) electrons. The van der Waals surface area contributed by atoms with Crippen LogP contribution in [0.15, 0.2) is 57.9 Å². The van der Waals surface area contributed by atoms with Crippen LogP contribution in [0.1, 0.15) is 5.56 Å². The molecule has 2 saturated heterocycles. The third kappa shape index (κ3) is 6.50. The van der Waals surface area contributed by atoms with Gasteiger partial charge in [-0.2, -0.15) is 0 Å². The van der Waals surface area contributed by atoms with Crippen molar-refractivity contribution in [3.8, 4) is 5.75 Å². The van der Waals surface area contributed by atoms with Crippen molar-refractivity contribution >= 4 is 62.4 Å². The number of nitrogens with one attached hydrogen (secondary N) is 1. The zero-order valence-electron chi connectivity index (χ0n) is 18.6. The first-order chi connectivity index (χ1) is 16.9. The van der Waals surface area contributed by atoms with E-state index in [1.165, 1.54) is 0 Å². The lowest BCUT2D eigenvalue weighted by atomic mass is 10.2. The number of morpholine rings is 1. The second kappa shape index (κ2) is 11.5. The van der Waals surface area contributed by atoms with Gasteiger partial charge in [0.15, 0.2) is 6.61 Å². The average Bonchev–Trinajstić information content (AvgIpc) is 3.12. The highest BCUT2D eigenvalue weighted by molar-refractivity contribution is 9.10. The van der Waals surface area contributed by atoms with E-state index in [-0.39, 0.29) is 24.0 Å². The fraction of sp³-hybridized carbons (Fsp3) is 0.250. The van der Waals surface area contributed by atoms with Crippen LogP contribution in [0, 0.1) is 0 Å². The molecule has 0 aliphatic carbocycles. The molecule has 11 heteroatoms. The van der Waals surface area contributed by atoms with Crippen molar-refractivity contribution in [2.45, 2.75) is 0 Å². The molecule has 0 unspecified atom stereocenters. The smallest absolute Gasteiger partial charge is 0.294 e. The molecular weight excluding hydrogens is 538 g/mol. The molecule has 2 fully saturated rings. The van der Waals surface area contributed by atoms with Gasteiger partial charge in [-0.15, -0.1) is 0 Å². The monoisotopic (exact) mass is 559 g/mol. The zero-order chi connectivity index (χ0) is 24.8. The molecule has 0 bridgehead atoms. The Morgan fingerprint density at radius 3 is 2.51 bits per heavy atom. The molecule has 2 aliphatic rings. The van der Waals surface area contributed by atoms with Crippen LogP contribution in [0.25, 0.3) is 6.08 Å². The summed E-state index contributed by atoms with van der Waals surface area (Å²) in [6.07, 6.45) is 1.58. The Labute approximate surface area is 214 Å². The van der Waals surface area contributed by atoms with Crippen molar-refractivity contribution in [1.29, 1.82) is 0 Å². The summed E-state index contributed by atoms with van der Waals surface area (Å²) in [5.74, 6) is -0.595. The first kappa shape index (κ1) is 25.0. The van der Waals surface area contributed by atoms with Crippen LogP contribution < -0.4 is 10.1 Å². The summed E-state index contributed by atoms with van der Waals surface area (Å²) in [4.78, 5) is 52.5. The van der Waals surface area contributed by atoms with Crippen LogP contribution in [-0.2, 0) is 19.1 Å². The van der Waals surface area contributed by atoms with Crippen LogP contribution in [0.4, 0.5) is 10.5 Å². The summed E-state index contributed by atoms with van der Waals surface area (Å²) in [6.45, 7) is 1.72. The quantitative estimate of drug-likeness (QED) is 0.518. The highest BCUT2D eigenvalue weighted by Crippen LogP contribution is 2.32. The molecule has 35 heavy (non-hydrogen) atoms. The number of benzene rings is 2. The first-order valence-electron chi connectivity index (χ1n) is 10.8. The lowest BCUT2D eigenvalue weighted by Crippen LogP contribution is -2.42. The summed E-state index contributed by atoms with van der Waals surface area (Å²) in [5.41, 5.74) is 1.23. The third-order valence-electron chi connectivity index (χ3n) is 5.23. The van der Waals surface area contributed by atoms with E-state index < -0.39 is 17.1 Å². The Balaban J connectivity index is 1.32. The summed E-state index contributed by atoms with van der Waals surface area (Å²) in [5, 5.41) is 2.17. The predicted octanol–water partition coefficient (Wildman–Crippen LogP) is 3.36. The Morgan fingerprint density at radius 2 is 1.80 bits per heavy atom. The highest BCUT2D eigenvalue weighted by Gasteiger charge is 2.36. The van der Waals surface area contributed by atoms with Crippen molar-refractivity contribution in [3.05, 3.63) is 63.5 Å². The second-order valence-corrected chi connectivity index (χ2v) is 9.49. The molecule has 2 aliphatic heterocycles. The number of ether oxygens (including phenoxy) is 2. The molecule has 1 N–H and O–H groups in total. The number of halogens is 1. The molecule has 9 nitrogen and oxygen atoms in total. The van der Waals surface area contributed by atoms with Crippen molar-refractivity contribution < 1.29 is 28.7 Å². The van der Waals surface area contributed by atoms with Crippen LogP contribution in [0.2, 0.25) is 0 Å². The Bertz CT molecular complexity index is 1160. The topological polar surface area (TPSA) is 105 Å². The van der Waals surface area contributed by atoms with Gasteiger partial charge in [-0.05, 0) is 63.6 Å². The number of carbonyl (C=O) groups is 4. The number of amides is 4.